The highest BCUT2D eigenvalue weighted by Crippen LogP contribution is 1.96. The summed E-state index contributed by atoms with van der Waals surface area (Å²) in [7, 11) is 0. The van der Waals surface area contributed by atoms with Crippen LogP contribution in [0.5, 0.6) is 0 Å². The molecule has 0 aliphatic rings. The van der Waals surface area contributed by atoms with Crippen LogP contribution in [0.15, 0.2) is 0 Å². The maximum absolute atomic E-state index is 11.5. The molecule has 6 nitrogen and oxygen atoms in total. The molecule has 0 aliphatic carbocycles. The average Bonchev–Trinajstić information content (AvgIpc) is 2.31. The Morgan fingerprint density at radius 1 is 1.39 bits per heavy atom. The highest BCUT2D eigenvalue weighted by molar-refractivity contribution is 5.90. The molecule has 2 atom stereocenters. The number of terminal acetylenes is 1. The number of carboxylic acid groups (broad SMARTS) is 1. The zero-order chi connectivity index (χ0) is 14.1. The largest absolute Gasteiger partial charge is 0.481 e. The van der Waals surface area contributed by atoms with Gasteiger partial charge in [0, 0.05) is 12.8 Å². The molecule has 0 bridgehead atoms. The summed E-state index contributed by atoms with van der Waals surface area (Å²) in [6.07, 6.45) is 5.23. The normalized spacial score (nSPS) is 13.4. The van der Waals surface area contributed by atoms with Crippen molar-refractivity contribution in [1.29, 1.82) is 0 Å². The Bertz CT molecular complexity index is 360. The molecule has 0 saturated carbocycles. The Hall–Kier alpha value is -1.71. The van der Waals surface area contributed by atoms with Gasteiger partial charge in [-0.2, -0.15) is 0 Å². The van der Waals surface area contributed by atoms with Crippen LogP contribution in [-0.2, 0) is 14.4 Å². The lowest BCUT2D eigenvalue weighted by Gasteiger charge is -2.13. The molecule has 0 aromatic heterocycles. The molecule has 0 amide bonds. The van der Waals surface area contributed by atoms with E-state index in [9.17, 15) is 14.4 Å². The van der Waals surface area contributed by atoms with Crippen LogP contribution in [0.3, 0.4) is 0 Å². The van der Waals surface area contributed by atoms with Crippen LogP contribution in [0.1, 0.15) is 26.2 Å². The third kappa shape index (κ3) is 6.78. The van der Waals surface area contributed by atoms with E-state index in [0.29, 0.717) is 6.42 Å². The maximum Gasteiger partial charge on any atom is 0.305 e. The van der Waals surface area contributed by atoms with Gasteiger partial charge in [0.2, 0.25) is 0 Å². The summed E-state index contributed by atoms with van der Waals surface area (Å²) in [6, 6.07) is -1.55. The van der Waals surface area contributed by atoms with Gasteiger partial charge in [0.25, 0.3) is 0 Å². The van der Waals surface area contributed by atoms with Crippen molar-refractivity contribution in [1.82, 2.24) is 5.32 Å². The SMILES string of the molecule is C#CCCC(=O)[C@H](C)NCC(=O)[C@@H](N)CC(=O)O. The summed E-state index contributed by atoms with van der Waals surface area (Å²) in [4.78, 5) is 33.2. The molecule has 0 radical (unpaired) electrons. The number of aliphatic carboxylic acids is 1. The third-order valence-corrected chi connectivity index (χ3v) is 2.39. The van der Waals surface area contributed by atoms with Crippen molar-refractivity contribution in [3.63, 3.8) is 0 Å². The van der Waals surface area contributed by atoms with Gasteiger partial charge in [0.05, 0.1) is 25.0 Å². The number of nitrogens with one attached hydrogen (secondary N) is 1. The van der Waals surface area contributed by atoms with Gasteiger partial charge in [0.15, 0.2) is 5.78 Å². The molecule has 0 aliphatic heterocycles. The number of hydrogen-bond acceptors (Lipinski definition) is 5. The topological polar surface area (TPSA) is 109 Å². The van der Waals surface area contributed by atoms with E-state index in [1.165, 1.54) is 0 Å². The molecule has 0 aromatic rings. The first-order valence-electron chi connectivity index (χ1n) is 5.58. The second-order valence-corrected chi connectivity index (χ2v) is 3.94. The summed E-state index contributed by atoms with van der Waals surface area (Å²) < 4.78 is 0. The smallest absolute Gasteiger partial charge is 0.305 e. The Kier molecular flexibility index (Phi) is 7.59. The van der Waals surface area contributed by atoms with Crippen LogP contribution in [0.2, 0.25) is 0 Å². The van der Waals surface area contributed by atoms with Crippen molar-refractivity contribution < 1.29 is 19.5 Å². The molecular weight excluding hydrogens is 236 g/mol. The fraction of sp³-hybridized carbons (Fsp3) is 0.583. The number of nitrogens with two attached hydrogens (primary N) is 1. The van der Waals surface area contributed by atoms with Gasteiger partial charge < -0.3 is 16.2 Å². The van der Waals surface area contributed by atoms with E-state index in [-0.39, 0.29) is 18.7 Å². The first kappa shape index (κ1) is 16.3. The molecule has 0 saturated heterocycles. The summed E-state index contributed by atoms with van der Waals surface area (Å²) in [5, 5.41) is 11.2. The van der Waals surface area contributed by atoms with Crippen LogP contribution >= 0.6 is 0 Å². The van der Waals surface area contributed by atoms with Crippen molar-refractivity contribution >= 4 is 17.5 Å². The fourth-order valence-electron chi connectivity index (χ4n) is 1.21. The molecule has 4 N–H and O–H groups in total. The Morgan fingerprint density at radius 3 is 2.50 bits per heavy atom. The number of carboxylic acids is 1. The predicted molar refractivity (Wildman–Crippen MR) is 65.8 cm³/mol. The van der Waals surface area contributed by atoms with Gasteiger partial charge in [-0.1, -0.05) is 0 Å². The van der Waals surface area contributed by atoms with E-state index >= 15 is 0 Å². The van der Waals surface area contributed by atoms with Crippen molar-refractivity contribution in [3.8, 4) is 12.3 Å². The molecule has 0 unspecified atom stereocenters. The molecule has 0 spiro atoms. The van der Waals surface area contributed by atoms with Crippen LogP contribution in [0.25, 0.3) is 0 Å². The van der Waals surface area contributed by atoms with Crippen molar-refractivity contribution in [3.05, 3.63) is 0 Å². The number of Topliss-reactive ketones (excluding diaryl/α,β-unsaturated/α-hetero) is 2. The first-order chi connectivity index (χ1) is 8.38. The van der Waals surface area contributed by atoms with Crippen molar-refractivity contribution in [2.45, 2.75) is 38.3 Å². The summed E-state index contributed by atoms with van der Waals surface area (Å²) >= 11 is 0. The Balaban J connectivity index is 4.01. The van der Waals surface area contributed by atoms with Gasteiger partial charge in [-0.3, -0.25) is 14.4 Å². The number of ketones is 2. The van der Waals surface area contributed by atoms with E-state index in [2.05, 4.69) is 11.2 Å². The lowest BCUT2D eigenvalue weighted by molar-refractivity contribution is -0.139. The van der Waals surface area contributed by atoms with Crippen molar-refractivity contribution in [2.75, 3.05) is 6.54 Å². The molecular formula is C12H18N2O4. The second kappa shape index (κ2) is 8.39. The number of carbonyl (C=O) groups is 3. The highest BCUT2D eigenvalue weighted by Gasteiger charge is 2.19. The number of rotatable bonds is 9. The lowest BCUT2D eigenvalue weighted by atomic mass is 10.1. The van der Waals surface area contributed by atoms with Crippen LogP contribution < -0.4 is 11.1 Å². The number of carbonyl (C=O) groups excluding carboxylic acids is 2. The van der Waals surface area contributed by atoms with Gasteiger partial charge in [-0.25, -0.2) is 0 Å². The first-order valence-corrected chi connectivity index (χ1v) is 5.58. The predicted octanol–water partition coefficient (Wildman–Crippen LogP) is -0.682. The molecule has 100 valence electrons. The van der Waals surface area contributed by atoms with E-state index in [1.54, 1.807) is 6.92 Å². The van der Waals surface area contributed by atoms with Gasteiger partial charge in [-0.05, 0) is 6.92 Å². The minimum absolute atomic E-state index is 0.0902. The molecule has 0 rings (SSSR count). The quantitative estimate of drug-likeness (QED) is 0.470. The highest BCUT2D eigenvalue weighted by atomic mass is 16.4. The van der Waals surface area contributed by atoms with Gasteiger partial charge in [-0.15, -0.1) is 12.3 Å². The molecule has 0 fully saturated rings. The van der Waals surface area contributed by atoms with E-state index < -0.39 is 30.3 Å². The third-order valence-electron chi connectivity index (χ3n) is 2.39. The molecule has 6 heteroatoms. The lowest BCUT2D eigenvalue weighted by Crippen LogP contribution is -2.43. The monoisotopic (exact) mass is 254 g/mol. The summed E-state index contributed by atoms with van der Waals surface area (Å²) in [5.74, 6) is 0.700. The van der Waals surface area contributed by atoms with Gasteiger partial charge in [0.1, 0.15) is 5.78 Å². The molecule has 0 aromatic carbocycles. The standard InChI is InChI=1S/C12H18N2O4/c1-3-4-5-10(15)8(2)14-7-11(16)9(13)6-12(17)18/h1,8-9,14H,4-7,13H2,2H3,(H,17,18)/t8-,9-/m0/s1. The van der Waals surface area contributed by atoms with E-state index in [1.807, 2.05) is 0 Å². The minimum Gasteiger partial charge on any atom is -0.481 e. The maximum atomic E-state index is 11.5. The fourth-order valence-corrected chi connectivity index (χ4v) is 1.21. The average molecular weight is 254 g/mol. The molecule has 0 heterocycles. The summed E-state index contributed by atoms with van der Waals surface area (Å²) in [6.45, 7) is 1.49. The summed E-state index contributed by atoms with van der Waals surface area (Å²) in [5.41, 5.74) is 5.38. The van der Waals surface area contributed by atoms with Gasteiger partial charge >= 0.3 is 5.97 Å². The van der Waals surface area contributed by atoms with Crippen LogP contribution in [0.4, 0.5) is 0 Å². The van der Waals surface area contributed by atoms with Crippen LogP contribution in [-0.4, -0.2) is 41.3 Å². The minimum atomic E-state index is -1.13. The second-order valence-electron chi connectivity index (χ2n) is 3.94. The number of hydrogen-bond donors (Lipinski definition) is 3. The van der Waals surface area contributed by atoms with Crippen molar-refractivity contribution in [2.24, 2.45) is 5.73 Å². The zero-order valence-electron chi connectivity index (χ0n) is 10.3. The Morgan fingerprint density at radius 2 is 2.00 bits per heavy atom. The van der Waals surface area contributed by atoms with Crippen LogP contribution in [0, 0.1) is 12.3 Å². The zero-order valence-corrected chi connectivity index (χ0v) is 10.3. The van der Waals surface area contributed by atoms with E-state index in [0.717, 1.165) is 0 Å². The van der Waals surface area contributed by atoms with E-state index in [4.69, 9.17) is 17.3 Å². The Labute approximate surface area is 106 Å². The molecule has 18 heavy (non-hydrogen) atoms.